The first kappa shape index (κ1) is 39.4. The molecular formula is C36H50N8O9S. The van der Waals surface area contributed by atoms with Crippen molar-refractivity contribution in [3.8, 4) is 0 Å². The number of hydrogen-bond acceptors (Lipinski definition) is 11. The van der Waals surface area contributed by atoms with Crippen LogP contribution in [0.2, 0.25) is 0 Å². The molecule has 0 bridgehead atoms. The topological polar surface area (TPSA) is 245 Å². The van der Waals surface area contributed by atoms with Gasteiger partial charge in [-0.1, -0.05) is 37.3 Å². The monoisotopic (exact) mass is 770 g/mol. The number of ketones is 1. The van der Waals surface area contributed by atoms with Crippen molar-refractivity contribution < 1.29 is 42.2 Å². The highest BCUT2D eigenvalue weighted by Gasteiger charge is 2.49. The van der Waals surface area contributed by atoms with Crippen LogP contribution in [0.1, 0.15) is 107 Å². The second-order valence-corrected chi connectivity index (χ2v) is 17.3. The quantitative estimate of drug-likeness (QED) is 0.166. The molecule has 54 heavy (non-hydrogen) atoms. The molecule has 294 valence electrons. The fourth-order valence-electron chi connectivity index (χ4n) is 7.81. The zero-order chi connectivity index (χ0) is 38.8. The minimum absolute atomic E-state index is 0.00757. The standard InChI is InChI=1S/C36H50N8O9S/c1-35(2,50)29-20-38-42-44(29)25-19-28(33(48)40-36(30(45)31(37)46)14-16-53-17-15-36)43(21-25)34(49)27(18-22-6-4-3-5-7-22)39-32(47)23-8-12-26(13-9-23)54(51,52)41-24-10-11-24/h8-9,12-13,20,22,24-25,27-28,41,50H,3-7,10-11,14-19,21H2,1-2H3,(H2,37,46)(H,39,47)(H,40,48)/t25-,27+,28-/m0/s1. The molecule has 2 saturated carbocycles. The van der Waals surface area contributed by atoms with E-state index in [4.69, 9.17) is 10.5 Å². The lowest BCUT2D eigenvalue weighted by Gasteiger charge is -2.37. The Balaban J connectivity index is 1.30. The van der Waals surface area contributed by atoms with Crippen molar-refractivity contribution in [3.05, 3.63) is 41.7 Å². The van der Waals surface area contributed by atoms with Gasteiger partial charge in [-0.05, 0) is 63.3 Å². The van der Waals surface area contributed by atoms with Gasteiger partial charge in [-0.15, -0.1) is 5.10 Å². The van der Waals surface area contributed by atoms with Gasteiger partial charge in [-0.25, -0.2) is 17.8 Å². The van der Waals surface area contributed by atoms with Gasteiger partial charge in [-0.2, -0.15) is 0 Å². The Labute approximate surface area is 314 Å². The summed E-state index contributed by atoms with van der Waals surface area (Å²) >= 11 is 0. The molecule has 4 aliphatic rings. The maximum atomic E-state index is 14.8. The number of nitrogens with zero attached hydrogens (tertiary/aromatic N) is 4. The van der Waals surface area contributed by atoms with Gasteiger partial charge in [0.15, 0.2) is 0 Å². The molecule has 1 aromatic carbocycles. The number of carbonyl (C=O) groups is 5. The molecule has 6 N–H and O–H groups in total. The largest absolute Gasteiger partial charge is 0.384 e. The summed E-state index contributed by atoms with van der Waals surface area (Å²) < 4.78 is 35.0. The number of primary amides is 1. The van der Waals surface area contributed by atoms with E-state index in [2.05, 4.69) is 25.7 Å². The number of aromatic nitrogens is 3. The molecule has 1 aromatic heterocycles. The van der Waals surface area contributed by atoms with E-state index in [0.717, 1.165) is 44.9 Å². The molecule has 6 rings (SSSR count). The van der Waals surface area contributed by atoms with Gasteiger partial charge >= 0.3 is 0 Å². The molecule has 3 heterocycles. The van der Waals surface area contributed by atoms with Crippen LogP contribution in [-0.4, -0.2) is 106 Å². The number of hydrogen-bond donors (Lipinski definition) is 5. The van der Waals surface area contributed by atoms with Crippen LogP contribution >= 0.6 is 0 Å². The molecule has 0 unspecified atom stereocenters. The normalized spacial score (nSPS) is 22.7. The van der Waals surface area contributed by atoms with E-state index in [1.165, 1.54) is 40.0 Å². The number of aliphatic hydroxyl groups is 1. The van der Waals surface area contributed by atoms with Gasteiger partial charge in [0.05, 0.1) is 22.8 Å². The summed E-state index contributed by atoms with van der Waals surface area (Å²) in [5, 5.41) is 24.7. The zero-order valence-corrected chi connectivity index (χ0v) is 31.5. The van der Waals surface area contributed by atoms with Crippen molar-refractivity contribution in [3.63, 3.8) is 0 Å². The number of rotatable bonds is 14. The second kappa shape index (κ2) is 15.8. The van der Waals surface area contributed by atoms with Gasteiger partial charge in [0, 0.05) is 50.6 Å². The molecule has 4 amide bonds. The highest BCUT2D eigenvalue weighted by molar-refractivity contribution is 7.89. The summed E-state index contributed by atoms with van der Waals surface area (Å²) in [5.41, 5.74) is 2.94. The first-order valence-electron chi connectivity index (χ1n) is 18.7. The Hall–Kier alpha value is -4.26. The molecule has 2 aliphatic carbocycles. The predicted octanol–water partition coefficient (Wildman–Crippen LogP) is 0.577. The average molecular weight is 771 g/mol. The molecule has 0 radical (unpaired) electrons. The van der Waals surface area contributed by atoms with Gasteiger partial charge in [0.2, 0.25) is 27.6 Å². The highest BCUT2D eigenvalue weighted by Crippen LogP contribution is 2.34. The molecular weight excluding hydrogens is 721 g/mol. The number of ether oxygens (including phenoxy) is 1. The van der Waals surface area contributed by atoms with Crippen LogP contribution in [0, 0.1) is 5.92 Å². The molecule has 2 aliphatic heterocycles. The number of nitrogens with two attached hydrogens (primary N) is 1. The van der Waals surface area contributed by atoms with Gasteiger partial charge < -0.3 is 31.1 Å². The Morgan fingerprint density at radius 3 is 2.31 bits per heavy atom. The minimum atomic E-state index is -3.74. The lowest BCUT2D eigenvalue weighted by atomic mass is 9.84. The van der Waals surface area contributed by atoms with Gasteiger partial charge in [-0.3, -0.25) is 24.0 Å². The Kier molecular flexibility index (Phi) is 11.6. The Morgan fingerprint density at radius 1 is 1.04 bits per heavy atom. The van der Waals surface area contributed by atoms with E-state index >= 15 is 0 Å². The lowest BCUT2D eigenvalue weighted by molar-refractivity contribution is -0.147. The summed E-state index contributed by atoms with van der Waals surface area (Å²) in [7, 11) is -3.74. The van der Waals surface area contributed by atoms with Crippen LogP contribution in [0.15, 0.2) is 35.4 Å². The van der Waals surface area contributed by atoms with E-state index in [0.29, 0.717) is 12.1 Å². The first-order valence-corrected chi connectivity index (χ1v) is 20.2. The van der Waals surface area contributed by atoms with Gasteiger partial charge in [0.1, 0.15) is 23.2 Å². The molecule has 18 heteroatoms. The minimum Gasteiger partial charge on any atom is -0.384 e. The van der Waals surface area contributed by atoms with E-state index in [1.807, 2.05) is 0 Å². The van der Waals surface area contributed by atoms with Crippen LogP contribution in [0.25, 0.3) is 0 Å². The van der Waals surface area contributed by atoms with Crippen molar-refractivity contribution in [2.75, 3.05) is 19.8 Å². The van der Waals surface area contributed by atoms with Crippen molar-refractivity contribution in [1.29, 1.82) is 0 Å². The fraction of sp³-hybridized carbons (Fsp3) is 0.639. The summed E-state index contributed by atoms with van der Waals surface area (Å²) in [6.45, 7) is 3.29. The van der Waals surface area contributed by atoms with E-state index in [9.17, 15) is 37.5 Å². The summed E-state index contributed by atoms with van der Waals surface area (Å²) in [5.74, 6) is -3.85. The fourth-order valence-corrected chi connectivity index (χ4v) is 9.12. The third-order valence-electron chi connectivity index (χ3n) is 11.0. The third kappa shape index (κ3) is 8.82. The van der Waals surface area contributed by atoms with E-state index in [1.54, 1.807) is 13.8 Å². The maximum absolute atomic E-state index is 14.8. The number of carbonyl (C=O) groups excluding carboxylic acids is 5. The summed E-state index contributed by atoms with van der Waals surface area (Å²) in [6.07, 6.45) is 8.05. The predicted molar refractivity (Wildman–Crippen MR) is 192 cm³/mol. The second-order valence-electron chi connectivity index (χ2n) is 15.6. The first-order chi connectivity index (χ1) is 25.6. The number of benzene rings is 1. The highest BCUT2D eigenvalue weighted by atomic mass is 32.2. The smallest absolute Gasteiger partial charge is 0.287 e. The molecule has 4 fully saturated rings. The molecule has 2 aromatic rings. The van der Waals surface area contributed by atoms with Crippen molar-refractivity contribution in [1.82, 2.24) is 35.2 Å². The number of nitrogens with one attached hydrogen (secondary N) is 3. The Bertz CT molecular complexity index is 1840. The number of likely N-dealkylation sites (tertiary alicyclic amines) is 1. The van der Waals surface area contributed by atoms with E-state index in [-0.39, 0.29) is 61.4 Å². The maximum Gasteiger partial charge on any atom is 0.287 e. The van der Waals surface area contributed by atoms with Gasteiger partial charge in [0.25, 0.3) is 11.8 Å². The van der Waals surface area contributed by atoms with Crippen molar-refractivity contribution in [2.45, 2.75) is 125 Å². The number of amides is 4. The number of sulfonamides is 1. The SMILES string of the molecule is CC(C)(O)c1cnnn1[C@H]1C[C@@H](C(=O)NC2(C(=O)C(N)=O)CCOCC2)N(C(=O)[C@@H](CC2CCCCC2)NC(=O)c2ccc(S(=O)(=O)NC3CC3)cc2)C1. The van der Waals surface area contributed by atoms with Crippen LogP contribution in [0.4, 0.5) is 0 Å². The molecule has 3 atom stereocenters. The van der Waals surface area contributed by atoms with Crippen LogP contribution < -0.4 is 21.1 Å². The van der Waals surface area contributed by atoms with Crippen molar-refractivity contribution in [2.24, 2.45) is 11.7 Å². The third-order valence-corrected chi connectivity index (χ3v) is 12.5. The van der Waals surface area contributed by atoms with Crippen molar-refractivity contribution >= 4 is 39.4 Å². The zero-order valence-electron chi connectivity index (χ0n) is 30.7. The summed E-state index contributed by atoms with van der Waals surface area (Å²) in [4.78, 5) is 69.5. The van der Waals surface area contributed by atoms with Crippen LogP contribution in [-0.2, 0) is 39.5 Å². The number of Topliss-reactive ketones (excluding diaryl/α,β-unsaturated/α-hetero) is 1. The average Bonchev–Trinajstić information content (AvgIpc) is 3.59. The lowest BCUT2D eigenvalue weighted by Crippen LogP contribution is -2.64. The Morgan fingerprint density at radius 2 is 1.70 bits per heavy atom. The molecule has 2 saturated heterocycles. The molecule has 17 nitrogen and oxygen atoms in total. The van der Waals surface area contributed by atoms with Crippen LogP contribution in [0.3, 0.4) is 0 Å². The van der Waals surface area contributed by atoms with E-state index < -0.39 is 68.7 Å². The summed E-state index contributed by atoms with van der Waals surface area (Å²) in [6, 6.07) is 2.54. The van der Waals surface area contributed by atoms with Crippen LogP contribution in [0.5, 0.6) is 0 Å². The molecule has 0 spiro atoms.